The van der Waals surface area contributed by atoms with E-state index < -0.39 is 16.1 Å². The molecule has 5 nitrogen and oxygen atoms in total. The second-order valence-electron chi connectivity index (χ2n) is 9.00. The first-order valence-electron chi connectivity index (χ1n) is 12.7. The summed E-state index contributed by atoms with van der Waals surface area (Å²) in [6, 6.07) is 14.9. The molecule has 0 N–H and O–H groups in total. The van der Waals surface area contributed by atoms with Gasteiger partial charge in [0.2, 0.25) is 5.95 Å². The molecule has 1 aromatic carbocycles. The fourth-order valence-corrected chi connectivity index (χ4v) is 12.5. The summed E-state index contributed by atoms with van der Waals surface area (Å²) in [5, 5.41) is 3.15. The zero-order valence-electron chi connectivity index (χ0n) is 22.0. The quantitative estimate of drug-likeness (QED) is 0.279. The van der Waals surface area contributed by atoms with Crippen molar-refractivity contribution in [1.82, 2.24) is 9.97 Å². The van der Waals surface area contributed by atoms with E-state index in [-0.39, 0.29) is 5.97 Å². The summed E-state index contributed by atoms with van der Waals surface area (Å²) in [5.74, 6) is 0.213. The van der Waals surface area contributed by atoms with E-state index >= 15 is 0 Å². The lowest BCUT2D eigenvalue weighted by atomic mass is 10.3. The number of hydrogen-bond donors (Lipinski definition) is 0. The number of benzene rings is 1. The third kappa shape index (κ3) is 5.57. The van der Waals surface area contributed by atoms with Gasteiger partial charge in [-0.2, -0.15) is 0 Å². The van der Waals surface area contributed by atoms with Gasteiger partial charge in [0.15, 0.2) is 0 Å². The molecule has 0 atom stereocenters. The first-order chi connectivity index (χ1) is 15.8. The van der Waals surface area contributed by atoms with Crippen LogP contribution in [0, 0.1) is 0 Å². The van der Waals surface area contributed by atoms with Crippen LogP contribution in [-0.2, 0) is 4.74 Å². The second-order valence-corrected chi connectivity index (χ2v) is 19.5. The van der Waals surface area contributed by atoms with Gasteiger partial charge in [-0.3, -0.25) is 0 Å². The third-order valence-corrected chi connectivity index (χ3v) is 19.2. The molecule has 0 spiro atoms. The van der Waals surface area contributed by atoms with Gasteiger partial charge >= 0.3 is 5.97 Å². The van der Waals surface area contributed by atoms with Crippen LogP contribution in [0.1, 0.15) is 58.8 Å². The largest absolute Gasteiger partial charge is 0.462 e. The molecule has 2 aromatic rings. The van der Waals surface area contributed by atoms with Gasteiger partial charge in [0, 0.05) is 25.1 Å². The third-order valence-electron chi connectivity index (χ3n) is 8.04. The molecule has 0 amide bonds. The lowest BCUT2D eigenvalue weighted by molar-refractivity contribution is 0.0525. The summed E-state index contributed by atoms with van der Waals surface area (Å²) in [6.07, 6.45) is 3.13. The monoisotopic (exact) mass is 485 g/mol. The molecule has 0 bridgehead atoms. The van der Waals surface area contributed by atoms with Crippen LogP contribution < -0.4 is 15.3 Å². The van der Waals surface area contributed by atoms with Gasteiger partial charge in [-0.25, -0.2) is 14.8 Å². The van der Waals surface area contributed by atoms with Crippen molar-refractivity contribution in [2.45, 2.75) is 84.7 Å². The van der Waals surface area contributed by atoms with Crippen molar-refractivity contribution in [3.8, 4) is 0 Å². The van der Waals surface area contributed by atoms with E-state index in [0.29, 0.717) is 18.1 Å². The molecule has 0 aliphatic heterocycles. The molecular formula is C26H43N3O2Si2. The number of carbonyl (C=O) groups is 1. The van der Waals surface area contributed by atoms with Gasteiger partial charge in [-0.15, -0.1) is 0 Å². The first kappa shape index (κ1) is 27.2. The number of ether oxygens (including phenoxy) is 1. The van der Waals surface area contributed by atoms with E-state index in [1.54, 1.807) is 29.7 Å². The summed E-state index contributed by atoms with van der Waals surface area (Å²) in [5.41, 5.74) is 1.54. The number of nitrogens with zero attached hydrogens (tertiary/aromatic N) is 3. The number of hydrogen-bond acceptors (Lipinski definition) is 5. The zero-order valence-corrected chi connectivity index (χ0v) is 24.0. The minimum Gasteiger partial charge on any atom is -0.462 e. The van der Waals surface area contributed by atoms with Crippen LogP contribution in [0.25, 0.3) is 0 Å². The maximum absolute atomic E-state index is 12.0. The predicted molar refractivity (Wildman–Crippen MR) is 146 cm³/mol. The van der Waals surface area contributed by atoms with Crippen LogP contribution in [0.5, 0.6) is 0 Å². The molecule has 2 rings (SSSR count). The van der Waals surface area contributed by atoms with Crippen molar-refractivity contribution in [2.24, 2.45) is 0 Å². The maximum atomic E-state index is 12.0. The van der Waals surface area contributed by atoms with Crippen LogP contribution in [0.2, 0.25) is 36.3 Å². The predicted octanol–water partition coefficient (Wildman–Crippen LogP) is 5.85. The summed E-state index contributed by atoms with van der Waals surface area (Å²) in [4.78, 5) is 23.1. The Bertz CT molecular complexity index is 855. The average molecular weight is 486 g/mol. The van der Waals surface area contributed by atoms with E-state index in [1.165, 1.54) is 36.3 Å². The number of carbonyl (C=O) groups excluding carboxylic acids is 1. The molecule has 1 heterocycles. The molecular weight excluding hydrogens is 442 g/mol. The smallest absolute Gasteiger partial charge is 0.341 e. The van der Waals surface area contributed by atoms with E-state index in [1.807, 2.05) is 7.05 Å². The van der Waals surface area contributed by atoms with Crippen molar-refractivity contribution in [1.29, 1.82) is 0 Å². The molecule has 182 valence electrons. The highest BCUT2D eigenvalue weighted by Crippen LogP contribution is 2.27. The van der Waals surface area contributed by atoms with Gasteiger partial charge in [-0.05, 0) is 19.1 Å². The van der Waals surface area contributed by atoms with Crippen molar-refractivity contribution >= 4 is 44.1 Å². The van der Waals surface area contributed by atoms with Crippen molar-refractivity contribution in [2.75, 3.05) is 18.6 Å². The van der Waals surface area contributed by atoms with Crippen LogP contribution >= 0.6 is 0 Å². The molecule has 0 aliphatic carbocycles. The summed E-state index contributed by atoms with van der Waals surface area (Å²) in [7, 11) is -1.09. The van der Waals surface area contributed by atoms with Crippen molar-refractivity contribution < 1.29 is 9.53 Å². The van der Waals surface area contributed by atoms with Gasteiger partial charge < -0.3 is 9.64 Å². The van der Waals surface area contributed by atoms with Crippen LogP contribution in [-0.4, -0.2) is 45.7 Å². The summed E-state index contributed by atoms with van der Waals surface area (Å²) in [6.45, 7) is 16.4. The Labute approximate surface area is 203 Å². The number of esters is 1. The minimum absolute atomic E-state index is 0.339. The van der Waals surface area contributed by atoms with Crippen molar-refractivity contribution in [3.63, 3.8) is 0 Å². The van der Waals surface area contributed by atoms with E-state index in [4.69, 9.17) is 4.74 Å². The Kier molecular flexibility index (Phi) is 9.85. The summed E-state index contributed by atoms with van der Waals surface area (Å²) < 4.78 is 5.07. The van der Waals surface area contributed by atoms with Gasteiger partial charge in [0.25, 0.3) is 0 Å². The Morgan fingerprint density at radius 3 is 1.58 bits per heavy atom. The highest BCUT2D eigenvalue weighted by atomic mass is 28.3. The molecule has 0 saturated heterocycles. The van der Waals surface area contributed by atoms with Crippen LogP contribution in [0.4, 0.5) is 11.6 Å². The molecule has 1 aromatic heterocycles. The Morgan fingerprint density at radius 2 is 1.21 bits per heavy atom. The maximum Gasteiger partial charge on any atom is 0.341 e. The first-order valence-corrected chi connectivity index (χ1v) is 17.9. The highest BCUT2D eigenvalue weighted by Gasteiger charge is 2.34. The van der Waals surface area contributed by atoms with E-state index in [2.05, 4.69) is 74.6 Å². The molecule has 0 radical (unpaired) electrons. The molecule has 7 heteroatoms. The van der Waals surface area contributed by atoms with Crippen molar-refractivity contribution in [3.05, 3.63) is 36.2 Å². The Balaban J connectivity index is 2.62. The standard InChI is InChI=1S/C26H43N3O2Si2/c1-9-31-25(30)21-19-27-26(28-20-21)29(8)22-16-23(32(10-2,11-3)12-4)18-24(17-22)33(13-5,14-6)15-7/h16-20H,9-15H2,1-8H3. The highest BCUT2D eigenvalue weighted by molar-refractivity contribution is 6.94. The lowest BCUT2D eigenvalue weighted by Gasteiger charge is -2.35. The van der Waals surface area contributed by atoms with Crippen LogP contribution in [0.3, 0.4) is 0 Å². The van der Waals surface area contributed by atoms with E-state index in [9.17, 15) is 4.79 Å². The minimum atomic E-state index is -1.56. The molecule has 0 unspecified atom stereocenters. The van der Waals surface area contributed by atoms with Crippen LogP contribution in [0.15, 0.2) is 30.6 Å². The SMILES string of the molecule is CCOC(=O)c1cnc(N(C)c2cc([Si](CC)(CC)CC)cc([Si](CC)(CC)CC)c2)nc1. The lowest BCUT2D eigenvalue weighted by Crippen LogP contribution is -2.52. The number of rotatable bonds is 12. The fraction of sp³-hybridized carbons (Fsp3) is 0.577. The molecule has 0 fully saturated rings. The molecule has 0 saturated carbocycles. The Morgan fingerprint density at radius 1 is 0.788 bits per heavy atom. The van der Waals surface area contributed by atoms with Gasteiger partial charge in [-0.1, -0.05) is 94.2 Å². The second kappa shape index (κ2) is 11.9. The van der Waals surface area contributed by atoms with E-state index in [0.717, 1.165) is 5.69 Å². The van der Waals surface area contributed by atoms with Gasteiger partial charge in [0.05, 0.1) is 28.3 Å². The fourth-order valence-electron chi connectivity index (χ4n) is 5.07. The summed E-state index contributed by atoms with van der Waals surface area (Å²) >= 11 is 0. The topological polar surface area (TPSA) is 55.3 Å². The van der Waals surface area contributed by atoms with Gasteiger partial charge in [0.1, 0.15) is 0 Å². The number of anilines is 2. The normalized spacial score (nSPS) is 12.0. The Hall–Kier alpha value is -2.00. The zero-order chi connectivity index (χ0) is 24.6. The molecule has 0 aliphatic rings. The molecule has 33 heavy (non-hydrogen) atoms. The number of aromatic nitrogens is 2. The average Bonchev–Trinajstić information content (AvgIpc) is 2.86.